The van der Waals surface area contributed by atoms with Gasteiger partial charge in [-0.15, -0.1) is 0 Å². The molecule has 2 aliphatic rings. The van der Waals surface area contributed by atoms with E-state index in [0.29, 0.717) is 17.8 Å². The van der Waals surface area contributed by atoms with Crippen LogP contribution in [0.3, 0.4) is 0 Å². The number of rotatable bonds is 2. The largest absolute Gasteiger partial charge is 0.508 e. The lowest BCUT2D eigenvalue weighted by Gasteiger charge is -2.40. The third kappa shape index (κ3) is 2.95. The van der Waals surface area contributed by atoms with E-state index in [9.17, 15) is 5.11 Å². The van der Waals surface area contributed by atoms with Crippen molar-refractivity contribution >= 4 is 0 Å². The molecule has 2 atom stereocenters. The van der Waals surface area contributed by atoms with Crippen LogP contribution in [-0.4, -0.2) is 47.6 Å². The Kier molecular flexibility index (Phi) is 4.51. The Bertz CT molecular complexity index is 488. The summed E-state index contributed by atoms with van der Waals surface area (Å²) in [6.45, 7) is 5.86. The molecule has 1 fully saturated rings. The van der Waals surface area contributed by atoms with Crippen molar-refractivity contribution in [3.05, 3.63) is 29.3 Å². The average molecular weight is 288 g/mol. The van der Waals surface area contributed by atoms with Gasteiger partial charge in [0.1, 0.15) is 5.75 Å². The number of aromatic hydroxyl groups is 1. The molecule has 0 bridgehead atoms. The van der Waals surface area contributed by atoms with Gasteiger partial charge in [0.25, 0.3) is 0 Å². The van der Waals surface area contributed by atoms with E-state index in [-0.39, 0.29) is 0 Å². The molecule has 116 valence electrons. The summed E-state index contributed by atoms with van der Waals surface area (Å²) in [5, 5.41) is 10.2. The third-order valence-corrected chi connectivity index (χ3v) is 5.27. The van der Waals surface area contributed by atoms with Gasteiger partial charge in [-0.3, -0.25) is 4.90 Å². The first-order valence-electron chi connectivity index (χ1n) is 8.45. The van der Waals surface area contributed by atoms with Crippen molar-refractivity contribution in [2.24, 2.45) is 0 Å². The lowest BCUT2D eigenvalue weighted by atomic mass is 9.85. The molecule has 0 saturated carbocycles. The molecule has 3 rings (SSSR count). The summed E-state index contributed by atoms with van der Waals surface area (Å²) >= 11 is 0. The molecule has 2 unspecified atom stereocenters. The fourth-order valence-corrected chi connectivity index (χ4v) is 4.18. The highest BCUT2D eigenvalue weighted by Gasteiger charge is 2.32. The number of hydrogen-bond donors (Lipinski definition) is 1. The number of nitrogens with zero attached hydrogens (tertiary/aromatic N) is 2. The first-order valence-corrected chi connectivity index (χ1v) is 8.45. The highest BCUT2D eigenvalue weighted by atomic mass is 16.3. The highest BCUT2D eigenvalue weighted by Crippen LogP contribution is 2.39. The fraction of sp³-hybridized carbons (Fsp3) is 0.667. The first-order chi connectivity index (χ1) is 10.2. The average Bonchev–Trinajstić information content (AvgIpc) is 2.68. The standard InChI is InChI=1S/C18H28N2O/c1-3-14-13-19(2)11-6-12-20(14)17-9-4-8-16-15(17)7-5-10-18(16)21/h5,7,10,14,17,21H,3-4,6,8-9,11-13H2,1-2H3. The van der Waals surface area contributed by atoms with Crippen molar-refractivity contribution in [3.63, 3.8) is 0 Å². The van der Waals surface area contributed by atoms with Crippen LogP contribution in [0.5, 0.6) is 5.75 Å². The second kappa shape index (κ2) is 6.37. The molecular formula is C18H28N2O. The first kappa shape index (κ1) is 14.9. The number of hydrogen-bond acceptors (Lipinski definition) is 3. The maximum atomic E-state index is 10.2. The Labute approximate surface area is 128 Å². The van der Waals surface area contributed by atoms with E-state index in [2.05, 4.69) is 29.8 Å². The summed E-state index contributed by atoms with van der Waals surface area (Å²) in [7, 11) is 2.24. The molecule has 0 aromatic heterocycles. The molecule has 0 radical (unpaired) electrons. The van der Waals surface area contributed by atoms with Crippen molar-refractivity contribution in [2.45, 2.75) is 51.1 Å². The molecule has 0 amide bonds. The monoisotopic (exact) mass is 288 g/mol. The van der Waals surface area contributed by atoms with Gasteiger partial charge in [0.05, 0.1) is 0 Å². The van der Waals surface area contributed by atoms with Crippen molar-refractivity contribution in [3.8, 4) is 5.75 Å². The summed E-state index contributed by atoms with van der Waals surface area (Å²) in [5.74, 6) is 0.497. The normalized spacial score (nSPS) is 28.1. The minimum Gasteiger partial charge on any atom is -0.508 e. The van der Waals surface area contributed by atoms with Crippen LogP contribution < -0.4 is 0 Å². The number of likely N-dealkylation sites (N-methyl/N-ethyl adjacent to an activating group) is 1. The second-order valence-corrected chi connectivity index (χ2v) is 6.67. The smallest absolute Gasteiger partial charge is 0.119 e. The predicted molar refractivity (Wildman–Crippen MR) is 86.7 cm³/mol. The zero-order valence-electron chi connectivity index (χ0n) is 13.4. The Morgan fingerprint density at radius 1 is 1.24 bits per heavy atom. The summed E-state index contributed by atoms with van der Waals surface area (Å²) in [5.41, 5.74) is 2.57. The lowest BCUT2D eigenvalue weighted by molar-refractivity contribution is 0.115. The van der Waals surface area contributed by atoms with Gasteiger partial charge in [-0.2, -0.15) is 0 Å². The molecule has 1 N–H and O–H groups in total. The maximum absolute atomic E-state index is 10.2. The zero-order chi connectivity index (χ0) is 14.8. The number of fused-ring (bicyclic) bond motifs is 1. The SMILES string of the molecule is CCC1CN(C)CCCN1C1CCCc2c(O)cccc21. The van der Waals surface area contributed by atoms with E-state index in [0.717, 1.165) is 6.42 Å². The van der Waals surface area contributed by atoms with Crippen LogP contribution in [0, 0.1) is 0 Å². The number of benzene rings is 1. The topological polar surface area (TPSA) is 26.7 Å². The summed E-state index contributed by atoms with van der Waals surface area (Å²) in [6, 6.07) is 7.22. The van der Waals surface area contributed by atoms with Crippen LogP contribution in [0.25, 0.3) is 0 Å². The Balaban J connectivity index is 1.91. The minimum atomic E-state index is 0.497. The Morgan fingerprint density at radius 3 is 2.90 bits per heavy atom. The number of phenols is 1. The van der Waals surface area contributed by atoms with Crippen LogP contribution in [0.2, 0.25) is 0 Å². The van der Waals surface area contributed by atoms with Gasteiger partial charge in [0.2, 0.25) is 0 Å². The van der Waals surface area contributed by atoms with E-state index < -0.39 is 0 Å². The molecule has 1 saturated heterocycles. The van der Waals surface area contributed by atoms with E-state index >= 15 is 0 Å². The lowest BCUT2D eigenvalue weighted by Crippen LogP contribution is -2.43. The van der Waals surface area contributed by atoms with Crippen molar-refractivity contribution in [1.82, 2.24) is 9.80 Å². The molecule has 3 nitrogen and oxygen atoms in total. The Morgan fingerprint density at radius 2 is 2.10 bits per heavy atom. The molecule has 1 heterocycles. The number of phenolic OH excluding ortho intramolecular Hbond substituents is 1. The predicted octanol–water partition coefficient (Wildman–Crippen LogP) is 3.19. The van der Waals surface area contributed by atoms with Crippen molar-refractivity contribution < 1.29 is 5.11 Å². The van der Waals surface area contributed by atoms with Gasteiger partial charge in [0, 0.05) is 25.2 Å². The minimum absolute atomic E-state index is 0.497. The maximum Gasteiger partial charge on any atom is 0.119 e. The quantitative estimate of drug-likeness (QED) is 0.905. The van der Waals surface area contributed by atoms with Crippen LogP contribution in [-0.2, 0) is 6.42 Å². The van der Waals surface area contributed by atoms with E-state index in [1.165, 1.54) is 56.4 Å². The van der Waals surface area contributed by atoms with Gasteiger partial charge < -0.3 is 10.0 Å². The van der Waals surface area contributed by atoms with Crippen LogP contribution in [0.15, 0.2) is 18.2 Å². The van der Waals surface area contributed by atoms with Crippen molar-refractivity contribution in [2.75, 3.05) is 26.7 Å². The second-order valence-electron chi connectivity index (χ2n) is 6.67. The molecule has 0 spiro atoms. The molecule has 1 aliphatic carbocycles. The molecule has 3 heteroatoms. The van der Waals surface area contributed by atoms with E-state index in [4.69, 9.17) is 0 Å². The van der Waals surface area contributed by atoms with Crippen LogP contribution >= 0.6 is 0 Å². The van der Waals surface area contributed by atoms with E-state index in [1.54, 1.807) is 0 Å². The molecule has 1 aromatic rings. The summed E-state index contributed by atoms with van der Waals surface area (Å²) in [6.07, 6.45) is 5.91. The molecule has 1 aromatic carbocycles. The van der Waals surface area contributed by atoms with Crippen LogP contribution in [0.4, 0.5) is 0 Å². The molecule has 1 aliphatic heterocycles. The zero-order valence-corrected chi connectivity index (χ0v) is 13.4. The Hall–Kier alpha value is -1.06. The van der Waals surface area contributed by atoms with Crippen LogP contribution in [0.1, 0.15) is 49.8 Å². The third-order valence-electron chi connectivity index (χ3n) is 5.27. The fourth-order valence-electron chi connectivity index (χ4n) is 4.18. The van der Waals surface area contributed by atoms with Gasteiger partial charge in [0.15, 0.2) is 0 Å². The highest BCUT2D eigenvalue weighted by molar-refractivity contribution is 5.42. The van der Waals surface area contributed by atoms with Gasteiger partial charge in [-0.25, -0.2) is 0 Å². The molecule has 21 heavy (non-hydrogen) atoms. The summed E-state index contributed by atoms with van der Waals surface area (Å²) < 4.78 is 0. The van der Waals surface area contributed by atoms with Gasteiger partial charge in [-0.1, -0.05) is 19.1 Å². The van der Waals surface area contributed by atoms with Gasteiger partial charge in [-0.05, 0) is 62.9 Å². The summed E-state index contributed by atoms with van der Waals surface area (Å²) in [4.78, 5) is 5.20. The van der Waals surface area contributed by atoms with Crippen molar-refractivity contribution in [1.29, 1.82) is 0 Å². The molecular weight excluding hydrogens is 260 g/mol. The van der Waals surface area contributed by atoms with E-state index in [1.807, 2.05) is 12.1 Å². The van der Waals surface area contributed by atoms with Gasteiger partial charge >= 0.3 is 0 Å².